The number of aromatic amines is 1. The van der Waals surface area contributed by atoms with Crippen LogP contribution in [0.5, 0.6) is 0 Å². The van der Waals surface area contributed by atoms with Crippen molar-refractivity contribution >= 4 is 18.7 Å². The van der Waals surface area contributed by atoms with E-state index >= 15 is 0 Å². The van der Waals surface area contributed by atoms with Crippen molar-refractivity contribution in [1.82, 2.24) is 10.2 Å². The smallest absolute Gasteiger partial charge is 0.265 e. The summed E-state index contributed by atoms with van der Waals surface area (Å²) < 4.78 is 32.2. The average molecular weight is 178 g/mol. The lowest BCUT2D eigenvalue weighted by molar-refractivity contribution is 0.593. The van der Waals surface area contributed by atoms with Crippen molar-refractivity contribution in [2.45, 2.75) is 9.92 Å². The molecule has 0 saturated carbocycles. The molecule has 0 spiro atoms. The van der Waals surface area contributed by atoms with Crippen LogP contribution in [0, 0.1) is 0 Å². The van der Waals surface area contributed by atoms with Gasteiger partial charge in [-0.25, -0.2) is 12.6 Å². The molecular weight excluding hydrogens is 176 g/mol. The molecule has 1 aliphatic rings. The van der Waals surface area contributed by atoms with E-state index < -0.39 is 18.7 Å². The molecule has 2 rings (SSSR count). The fourth-order valence-electron chi connectivity index (χ4n) is 0.721. The Balaban J connectivity index is 2.90. The van der Waals surface area contributed by atoms with Crippen molar-refractivity contribution in [2.75, 3.05) is 0 Å². The number of hydrogen-bond acceptors (Lipinski definition) is 4. The number of nitrogens with zero attached hydrogens (tertiary/aromatic N) is 1. The molecule has 0 aromatic carbocycles. The van der Waals surface area contributed by atoms with E-state index in [1.54, 1.807) is 0 Å². The summed E-state index contributed by atoms with van der Waals surface area (Å²) in [5.41, 5.74) is 0. The minimum atomic E-state index is -3.52. The van der Waals surface area contributed by atoms with E-state index in [0.29, 0.717) is 0 Å². The highest BCUT2D eigenvalue weighted by atomic mass is 33.2. The normalized spacial score (nSPS) is 27.0. The number of fused-ring (bicyclic) bond motifs is 1. The van der Waals surface area contributed by atoms with Gasteiger partial charge in [0.1, 0.15) is 4.90 Å². The van der Waals surface area contributed by atoms with Gasteiger partial charge in [0.15, 0.2) is 14.9 Å². The molecule has 1 atom stereocenters. The van der Waals surface area contributed by atoms with E-state index in [9.17, 15) is 12.6 Å². The van der Waals surface area contributed by atoms with Gasteiger partial charge < -0.3 is 0 Å². The maximum absolute atomic E-state index is 10.7. The van der Waals surface area contributed by atoms with Crippen LogP contribution in [-0.2, 0) is 18.7 Å². The fraction of sp³-hybridized carbons (Fsp3) is 0. The summed E-state index contributed by atoms with van der Waals surface area (Å²) in [6.45, 7) is 0. The van der Waals surface area contributed by atoms with E-state index in [1.165, 1.54) is 6.20 Å². The molecule has 0 radical (unpaired) electrons. The van der Waals surface area contributed by atoms with Gasteiger partial charge in [-0.15, -0.1) is 0 Å². The topological polar surface area (TPSA) is 79.9 Å². The summed E-state index contributed by atoms with van der Waals surface area (Å²) in [6.07, 6.45) is 1.26. The quantitative estimate of drug-likeness (QED) is 0.528. The molecular formula is C3H2N2O3S2. The zero-order valence-electron chi connectivity index (χ0n) is 4.57. The second-order valence-corrected chi connectivity index (χ2v) is 6.20. The first-order valence-corrected chi connectivity index (χ1v) is 5.50. The fourth-order valence-corrected chi connectivity index (χ4v) is 3.82. The van der Waals surface area contributed by atoms with Crippen molar-refractivity contribution in [2.24, 2.45) is 0 Å². The standard InChI is InChI=1S/C3H2N2O3S2/c6-9-2-1-4-5-3(2)10(9,7)8/h1H,(H,4,5). The zero-order chi connectivity index (χ0) is 7.35. The maximum atomic E-state index is 10.7. The molecule has 0 fully saturated rings. The molecule has 2 heterocycles. The third-order valence-corrected chi connectivity index (χ3v) is 5.44. The van der Waals surface area contributed by atoms with Gasteiger partial charge in [0.05, 0.1) is 6.20 Å². The van der Waals surface area contributed by atoms with Gasteiger partial charge >= 0.3 is 0 Å². The first-order chi connectivity index (χ1) is 4.64. The Morgan fingerprint density at radius 1 is 1.60 bits per heavy atom. The summed E-state index contributed by atoms with van der Waals surface area (Å²) in [7, 11) is -5.39. The van der Waals surface area contributed by atoms with Gasteiger partial charge in [-0.2, -0.15) is 5.10 Å². The van der Waals surface area contributed by atoms with Crippen LogP contribution in [0.2, 0.25) is 0 Å². The number of nitrogens with one attached hydrogen (secondary N) is 1. The monoisotopic (exact) mass is 178 g/mol. The highest BCUT2D eigenvalue weighted by Gasteiger charge is 2.42. The first kappa shape index (κ1) is 6.05. The minimum absolute atomic E-state index is 0.00849. The second kappa shape index (κ2) is 1.48. The summed E-state index contributed by atoms with van der Waals surface area (Å²) in [4.78, 5) is 0.278. The minimum Gasteiger partial charge on any atom is -0.265 e. The van der Waals surface area contributed by atoms with Crippen molar-refractivity contribution in [3.05, 3.63) is 6.20 Å². The van der Waals surface area contributed by atoms with Crippen LogP contribution in [0.1, 0.15) is 0 Å². The third kappa shape index (κ3) is 0.454. The van der Waals surface area contributed by atoms with Crippen LogP contribution >= 0.6 is 0 Å². The Morgan fingerprint density at radius 2 is 2.30 bits per heavy atom. The first-order valence-electron chi connectivity index (χ1n) is 2.35. The molecule has 1 aromatic heterocycles. The summed E-state index contributed by atoms with van der Waals surface area (Å²) in [5, 5.41) is 5.67. The molecule has 0 bridgehead atoms. The number of aromatic nitrogens is 2. The van der Waals surface area contributed by atoms with Crippen molar-refractivity contribution in [3.63, 3.8) is 0 Å². The van der Waals surface area contributed by atoms with Crippen LogP contribution in [0.3, 0.4) is 0 Å². The third-order valence-electron chi connectivity index (χ3n) is 1.20. The summed E-state index contributed by atoms with van der Waals surface area (Å²) in [6, 6.07) is 0. The Morgan fingerprint density at radius 3 is 2.90 bits per heavy atom. The van der Waals surface area contributed by atoms with Gasteiger partial charge in [-0.05, 0) is 0 Å². The van der Waals surface area contributed by atoms with Crippen molar-refractivity contribution in [3.8, 4) is 0 Å². The molecule has 1 N–H and O–H groups in total. The van der Waals surface area contributed by atoms with Crippen LogP contribution in [0.4, 0.5) is 0 Å². The largest absolute Gasteiger partial charge is 0.280 e. The molecule has 0 saturated heterocycles. The summed E-state index contributed by atoms with van der Waals surface area (Å²) >= 11 is 0. The average Bonchev–Trinajstić information content (AvgIpc) is 2.31. The Hall–Kier alpha value is -0.690. The van der Waals surface area contributed by atoms with Crippen LogP contribution in [0.25, 0.3) is 0 Å². The van der Waals surface area contributed by atoms with E-state index in [0.717, 1.165) is 0 Å². The maximum Gasteiger partial charge on any atom is 0.280 e. The van der Waals surface area contributed by atoms with Crippen LogP contribution < -0.4 is 0 Å². The SMILES string of the molecule is O=S1c2cn[nH]c2S1(=O)=O. The van der Waals surface area contributed by atoms with E-state index in [2.05, 4.69) is 10.2 Å². The predicted molar refractivity (Wildman–Crippen MR) is 32.2 cm³/mol. The van der Waals surface area contributed by atoms with E-state index in [1.807, 2.05) is 0 Å². The van der Waals surface area contributed by atoms with Gasteiger partial charge in [0.2, 0.25) is 0 Å². The Bertz CT molecular complexity index is 403. The molecule has 5 nitrogen and oxygen atoms in total. The van der Waals surface area contributed by atoms with E-state index in [4.69, 9.17) is 0 Å². The lowest BCUT2D eigenvalue weighted by Gasteiger charge is -2.09. The molecule has 54 valence electrons. The molecule has 1 aromatic rings. The second-order valence-electron chi connectivity index (χ2n) is 1.75. The van der Waals surface area contributed by atoms with Crippen LogP contribution in [0.15, 0.2) is 16.1 Å². The van der Waals surface area contributed by atoms with Crippen molar-refractivity contribution < 1.29 is 12.6 Å². The molecule has 1 unspecified atom stereocenters. The van der Waals surface area contributed by atoms with Crippen molar-refractivity contribution in [1.29, 1.82) is 0 Å². The number of hydrogen-bond donors (Lipinski definition) is 1. The lowest BCUT2D eigenvalue weighted by Crippen LogP contribution is -2.21. The number of H-pyrrole nitrogens is 1. The molecule has 0 aliphatic carbocycles. The van der Waals surface area contributed by atoms with Gasteiger partial charge in [0, 0.05) is 0 Å². The molecule has 7 heteroatoms. The highest BCUT2D eigenvalue weighted by molar-refractivity contribution is 8.66. The molecule has 0 amide bonds. The number of rotatable bonds is 0. The Labute approximate surface area is 58.2 Å². The van der Waals surface area contributed by atoms with Gasteiger partial charge in [0.25, 0.3) is 8.87 Å². The lowest BCUT2D eigenvalue weighted by atomic mass is 10.7. The zero-order valence-corrected chi connectivity index (χ0v) is 6.20. The Kier molecular flexibility index (Phi) is 0.896. The predicted octanol–water partition coefficient (Wildman–Crippen LogP) is -0.780. The molecule has 10 heavy (non-hydrogen) atoms. The van der Waals surface area contributed by atoms with Gasteiger partial charge in [-0.3, -0.25) is 5.10 Å². The molecule has 1 aliphatic heterocycles. The van der Waals surface area contributed by atoms with E-state index in [-0.39, 0.29) is 9.92 Å². The van der Waals surface area contributed by atoms with Gasteiger partial charge in [-0.1, -0.05) is 0 Å². The highest BCUT2D eigenvalue weighted by Crippen LogP contribution is 2.33. The summed E-state index contributed by atoms with van der Waals surface area (Å²) in [5.74, 6) is 0. The van der Waals surface area contributed by atoms with Crippen LogP contribution in [-0.4, -0.2) is 22.8 Å².